The Morgan fingerprint density at radius 2 is 1.95 bits per heavy atom. The summed E-state index contributed by atoms with van der Waals surface area (Å²) in [5.41, 5.74) is 1.25. The van der Waals surface area contributed by atoms with Gasteiger partial charge in [0.1, 0.15) is 0 Å². The average molecular weight is 267 g/mol. The van der Waals surface area contributed by atoms with Crippen LogP contribution in [0.1, 0.15) is 23.3 Å². The molecule has 0 spiro atoms. The van der Waals surface area contributed by atoms with Crippen molar-refractivity contribution in [2.45, 2.75) is 19.4 Å². The van der Waals surface area contributed by atoms with Crippen molar-refractivity contribution in [1.29, 1.82) is 0 Å². The van der Waals surface area contributed by atoms with E-state index in [4.69, 9.17) is 4.52 Å². The predicted octanol–water partition coefficient (Wildman–Crippen LogP) is 3.03. The first-order valence-corrected chi connectivity index (χ1v) is 6.71. The van der Waals surface area contributed by atoms with Crippen molar-refractivity contribution in [1.82, 2.24) is 15.5 Å². The molecule has 0 aliphatic heterocycles. The minimum Gasteiger partial charge on any atom is -0.338 e. The van der Waals surface area contributed by atoms with E-state index in [-0.39, 0.29) is 6.04 Å². The van der Waals surface area contributed by atoms with Crippen molar-refractivity contribution in [3.8, 4) is 0 Å². The fourth-order valence-electron chi connectivity index (χ4n) is 2.37. The number of hydrogen-bond donors (Lipinski definition) is 1. The molecular weight excluding hydrogens is 250 g/mol. The van der Waals surface area contributed by atoms with Crippen LogP contribution < -0.4 is 5.32 Å². The standard InChI is InChI=1S/C16H17N3O/c1-11-18-16(20-19-11)15(17-2)10-12-7-8-13-5-3-4-6-14(13)9-12/h3-9,15,17H,10H2,1-2H3. The smallest absolute Gasteiger partial charge is 0.244 e. The third-order valence-corrected chi connectivity index (χ3v) is 3.44. The fourth-order valence-corrected chi connectivity index (χ4v) is 2.37. The van der Waals surface area contributed by atoms with E-state index in [2.05, 4.69) is 57.9 Å². The third-order valence-electron chi connectivity index (χ3n) is 3.44. The average Bonchev–Trinajstić information content (AvgIpc) is 2.91. The zero-order valence-electron chi connectivity index (χ0n) is 11.6. The molecule has 1 heterocycles. The number of aromatic nitrogens is 2. The highest BCUT2D eigenvalue weighted by atomic mass is 16.5. The number of fused-ring (bicyclic) bond motifs is 1. The molecule has 0 bridgehead atoms. The maximum atomic E-state index is 5.25. The van der Waals surface area contributed by atoms with Crippen molar-refractivity contribution in [3.05, 3.63) is 59.7 Å². The van der Waals surface area contributed by atoms with Crippen molar-refractivity contribution in [2.75, 3.05) is 7.05 Å². The highest BCUT2D eigenvalue weighted by molar-refractivity contribution is 5.82. The summed E-state index contributed by atoms with van der Waals surface area (Å²) in [6.07, 6.45) is 0.822. The van der Waals surface area contributed by atoms with Gasteiger partial charge >= 0.3 is 0 Å². The molecule has 0 saturated carbocycles. The second-order valence-corrected chi connectivity index (χ2v) is 4.91. The van der Waals surface area contributed by atoms with E-state index >= 15 is 0 Å². The first-order chi connectivity index (χ1) is 9.76. The Morgan fingerprint density at radius 1 is 1.15 bits per heavy atom. The van der Waals surface area contributed by atoms with E-state index in [1.807, 2.05) is 14.0 Å². The zero-order chi connectivity index (χ0) is 13.9. The molecule has 3 aromatic rings. The van der Waals surface area contributed by atoms with Gasteiger partial charge in [0.05, 0.1) is 6.04 Å². The minimum atomic E-state index is 0.0392. The van der Waals surface area contributed by atoms with Crippen LogP contribution in [0.4, 0.5) is 0 Å². The molecule has 0 fully saturated rings. The Labute approximate surface area is 117 Å². The molecule has 0 radical (unpaired) electrons. The molecule has 1 unspecified atom stereocenters. The van der Waals surface area contributed by atoms with Crippen LogP contribution in [0, 0.1) is 6.92 Å². The van der Waals surface area contributed by atoms with Crippen LogP contribution in [0.3, 0.4) is 0 Å². The van der Waals surface area contributed by atoms with Crippen molar-refractivity contribution in [3.63, 3.8) is 0 Å². The Kier molecular flexibility index (Phi) is 3.48. The van der Waals surface area contributed by atoms with Crippen LogP contribution in [-0.4, -0.2) is 17.2 Å². The molecule has 3 rings (SSSR count). The molecule has 1 N–H and O–H groups in total. The summed E-state index contributed by atoms with van der Waals surface area (Å²) in [6.45, 7) is 1.83. The number of nitrogens with zero attached hydrogens (tertiary/aromatic N) is 2. The minimum absolute atomic E-state index is 0.0392. The monoisotopic (exact) mass is 267 g/mol. The molecular formula is C16H17N3O. The summed E-state index contributed by atoms with van der Waals surface area (Å²) < 4.78 is 5.25. The molecule has 20 heavy (non-hydrogen) atoms. The predicted molar refractivity (Wildman–Crippen MR) is 78.5 cm³/mol. The summed E-state index contributed by atoms with van der Waals surface area (Å²) >= 11 is 0. The molecule has 0 amide bonds. The van der Waals surface area contributed by atoms with Gasteiger partial charge in [-0.1, -0.05) is 47.6 Å². The maximum absolute atomic E-state index is 5.25. The van der Waals surface area contributed by atoms with Gasteiger partial charge in [0.2, 0.25) is 5.89 Å². The first-order valence-electron chi connectivity index (χ1n) is 6.71. The highest BCUT2D eigenvalue weighted by Gasteiger charge is 2.16. The van der Waals surface area contributed by atoms with Gasteiger partial charge in [-0.2, -0.15) is 4.98 Å². The van der Waals surface area contributed by atoms with Gasteiger partial charge in [0, 0.05) is 0 Å². The van der Waals surface area contributed by atoms with E-state index in [1.54, 1.807) is 0 Å². The molecule has 0 aliphatic carbocycles. The van der Waals surface area contributed by atoms with E-state index in [1.165, 1.54) is 16.3 Å². The molecule has 4 nitrogen and oxygen atoms in total. The van der Waals surface area contributed by atoms with Crippen LogP contribution in [-0.2, 0) is 6.42 Å². The summed E-state index contributed by atoms with van der Waals surface area (Å²) in [6, 6.07) is 14.9. The van der Waals surface area contributed by atoms with E-state index in [0.717, 1.165) is 6.42 Å². The maximum Gasteiger partial charge on any atom is 0.244 e. The van der Waals surface area contributed by atoms with Gasteiger partial charge in [-0.15, -0.1) is 0 Å². The molecule has 1 aromatic heterocycles. The normalized spacial score (nSPS) is 12.7. The van der Waals surface area contributed by atoms with Crippen LogP contribution >= 0.6 is 0 Å². The number of benzene rings is 2. The fraction of sp³-hybridized carbons (Fsp3) is 0.250. The van der Waals surface area contributed by atoms with Gasteiger partial charge in [0.25, 0.3) is 0 Å². The lowest BCUT2D eigenvalue weighted by Crippen LogP contribution is -2.19. The SMILES string of the molecule is CNC(Cc1ccc2ccccc2c1)c1nc(C)no1. The summed E-state index contributed by atoms with van der Waals surface area (Å²) in [4.78, 5) is 4.30. The number of aryl methyl sites for hydroxylation is 1. The van der Waals surface area contributed by atoms with Gasteiger partial charge in [0.15, 0.2) is 5.82 Å². The molecule has 0 saturated heterocycles. The number of likely N-dealkylation sites (N-methyl/N-ethyl adjacent to an activating group) is 1. The molecule has 2 aromatic carbocycles. The summed E-state index contributed by atoms with van der Waals surface area (Å²) in [5.74, 6) is 1.30. The molecule has 1 atom stereocenters. The second-order valence-electron chi connectivity index (χ2n) is 4.91. The lowest BCUT2D eigenvalue weighted by Gasteiger charge is -2.12. The Morgan fingerprint density at radius 3 is 2.65 bits per heavy atom. The lowest BCUT2D eigenvalue weighted by atomic mass is 10.0. The first kappa shape index (κ1) is 12.8. The van der Waals surface area contributed by atoms with Gasteiger partial charge in [-0.05, 0) is 36.7 Å². The summed E-state index contributed by atoms with van der Waals surface area (Å²) in [7, 11) is 1.91. The van der Waals surface area contributed by atoms with Gasteiger partial charge in [-0.3, -0.25) is 0 Å². The van der Waals surface area contributed by atoms with Crippen LogP contribution in [0.25, 0.3) is 10.8 Å². The lowest BCUT2D eigenvalue weighted by molar-refractivity contribution is 0.335. The highest BCUT2D eigenvalue weighted by Crippen LogP contribution is 2.20. The van der Waals surface area contributed by atoms with Crippen molar-refractivity contribution < 1.29 is 4.52 Å². The van der Waals surface area contributed by atoms with Crippen LogP contribution in [0.5, 0.6) is 0 Å². The molecule has 0 aliphatic rings. The van der Waals surface area contributed by atoms with E-state index < -0.39 is 0 Å². The number of nitrogens with one attached hydrogen (secondary N) is 1. The number of rotatable bonds is 4. The Bertz CT molecular complexity index is 720. The third kappa shape index (κ3) is 2.56. The largest absolute Gasteiger partial charge is 0.338 e. The van der Waals surface area contributed by atoms with Gasteiger partial charge < -0.3 is 9.84 Å². The quantitative estimate of drug-likeness (QED) is 0.789. The Balaban J connectivity index is 1.87. The van der Waals surface area contributed by atoms with Crippen LogP contribution in [0.15, 0.2) is 47.0 Å². The Hall–Kier alpha value is -2.20. The van der Waals surface area contributed by atoms with Gasteiger partial charge in [-0.25, -0.2) is 0 Å². The summed E-state index contributed by atoms with van der Waals surface area (Å²) in [5, 5.41) is 9.59. The number of hydrogen-bond acceptors (Lipinski definition) is 4. The topological polar surface area (TPSA) is 51.0 Å². The zero-order valence-corrected chi connectivity index (χ0v) is 11.6. The molecule has 4 heteroatoms. The van der Waals surface area contributed by atoms with Crippen molar-refractivity contribution in [2.24, 2.45) is 0 Å². The van der Waals surface area contributed by atoms with Crippen LogP contribution in [0.2, 0.25) is 0 Å². The second kappa shape index (κ2) is 5.43. The van der Waals surface area contributed by atoms with Crippen molar-refractivity contribution >= 4 is 10.8 Å². The molecule has 102 valence electrons. The van der Waals surface area contributed by atoms with E-state index in [9.17, 15) is 0 Å². The van der Waals surface area contributed by atoms with E-state index in [0.29, 0.717) is 11.7 Å².